The van der Waals surface area contributed by atoms with Crippen LogP contribution in [0.4, 0.5) is 11.5 Å². The molecule has 3 rings (SSSR count). The number of anilines is 1. The standard InChI is InChI=1S/C18H15BrN4O4/c1-26-14-6-2-12(3-7-14)10-20-17-16(23(24)25)18(22-11-21-17)27-15-8-4-13(19)5-9-15/h2-9,11H,10H2,1H3,(H,20,21,22). The van der Waals surface area contributed by atoms with Gasteiger partial charge >= 0.3 is 11.6 Å². The summed E-state index contributed by atoms with van der Waals surface area (Å²) in [6, 6.07) is 14.2. The van der Waals surface area contributed by atoms with E-state index in [1.54, 1.807) is 31.4 Å². The van der Waals surface area contributed by atoms with E-state index < -0.39 is 4.92 Å². The van der Waals surface area contributed by atoms with Crippen LogP contribution in [-0.4, -0.2) is 22.0 Å². The lowest BCUT2D eigenvalue weighted by Gasteiger charge is -2.10. The Morgan fingerprint density at radius 1 is 1.07 bits per heavy atom. The number of nitro groups is 1. The normalized spacial score (nSPS) is 10.3. The summed E-state index contributed by atoms with van der Waals surface area (Å²) in [5.74, 6) is 1.12. The zero-order valence-electron chi connectivity index (χ0n) is 14.3. The minimum absolute atomic E-state index is 0.0814. The predicted octanol–water partition coefficient (Wildman–Crippen LogP) is 4.56. The molecular weight excluding hydrogens is 416 g/mol. The van der Waals surface area contributed by atoms with Gasteiger partial charge in [-0.25, -0.2) is 4.98 Å². The molecule has 0 saturated carbocycles. The first-order chi connectivity index (χ1) is 13.1. The van der Waals surface area contributed by atoms with E-state index in [2.05, 4.69) is 31.2 Å². The molecule has 0 fully saturated rings. The van der Waals surface area contributed by atoms with Gasteiger partial charge in [0.05, 0.1) is 12.0 Å². The van der Waals surface area contributed by atoms with Crippen molar-refractivity contribution in [1.82, 2.24) is 9.97 Å². The van der Waals surface area contributed by atoms with Gasteiger partial charge in [-0.2, -0.15) is 4.98 Å². The Balaban J connectivity index is 1.81. The second-order valence-corrected chi connectivity index (χ2v) is 6.31. The van der Waals surface area contributed by atoms with Crippen molar-refractivity contribution in [3.05, 3.63) is 75.0 Å². The molecule has 9 heteroatoms. The number of rotatable bonds is 7. The molecule has 27 heavy (non-hydrogen) atoms. The third-order valence-electron chi connectivity index (χ3n) is 3.62. The van der Waals surface area contributed by atoms with Crippen molar-refractivity contribution in [2.24, 2.45) is 0 Å². The molecule has 8 nitrogen and oxygen atoms in total. The lowest BCUT2D eigenvalue weighted by atomic mass is 10.2. The molecular formula is C18H15BrN4O4. The number of ether oxygens (including phenoxy) is 2. The van der Waals surface area contributed by atoms with E-state index in [0.717, 1.165) is 15.8 Å². The van der Waals surface area contributed by atoms with Crippen molar-refractivity contribution in [3.63, 3.8) is 0 Å². The Bertz CT molecular complexity index is 933. The van der Waals surface area contributed by atoms with Gasteiger partial charge in [-0.15, -0.1) is 0 Å². The molecule has 1 aromatic heterocycles. The van der Waals surface area contributed by atoms with Gasteiger partial charge < -0.3 is 14.8 Å². The highest BCUT2D eigenvalue weighted by molar-refractivity contribution is 9.10. The summed E-state index contributed by atoms with van der Waals surface area (Å²) < 4.78 is 11.6. The Hall–Kier alpha value is -3.20. The lowest BCUT2D eigenvalue weighted by molar-refractivity contribution is -0.385. The second kappa shape index (κ2) is 8.45. The van der Waals surface area contributed by atoms with Crippen LogP contribution in [0.5, 0.6) is 17.4 Å². The van der Waals surface area contributed by atoms with Gasteiger partial charge in [-0.05, 0) is 42.0 Å². The fourth-order valence-corrected chi connectivity index (χ4v) is 2.54. The summed E-state index contributed by atoms with van der Waals surface area (Å²) >= 11 is 3.32. The zero-order chi connectivity index (χ0) is 19.2. The van der Waals surface area contributed by atoms with Crippen molar-refractivity contribution in [3.8, 4) is 17.4 Å². The summed E-state index contributed by atoms with van der Waals surface area (Å²) in [7, 11) is 1.59. The topological polar surface area (TPSA) is 99.4 Å². The molecule has 0 atom stereocenters. The maximum absolute atomic E-state index is 11.6. The highest BCUT2D eigenvalue weighted by atomic mass is 79.9. The third-order valence-corrected chi connectivity index (χ3v) is 4.15. The number of methoxy groups -OCH3 is 1. The Morgan fingerprint density at radius 2 is 1.74 bits per heavy atom. The molecule has 0 spiro atoms. The average molecular weight is 431 g/mol. The number of nitrogens with one attached hydrogen (secondary N) is 1. The molecule has 0 aliphatic heterocycles. The van der Waals surface area contributed by atoms with Crippen LogP contribution >= 0.6 is 15.9 Å². The molecule has 0 amide bonds. The van der Waals surface area contributed by atoms with E-state index >= 15 is 0 Å². The predicted molar refractivity (Wildman–Crippen MR) is 103 cm³/mol. The van der Waals surface area contributed by atoms with Gasteiger partial charge in [-0.1, -0.05) is 28.1 Å². The zero-order valence-corrected chi connectivity index (χ0v) is 15.8. The molecule has 0 aliphatic carbocycles. The van der Waals surface area contributed by atoms with Crippen molar-refractivity contribution in [2.45, 2.75) is 6.54 Å². The number of hydrogen-bond acceptors (Lipinski definition) is 7. The highest BCUT2D eigenvalue weighted by Gasteiger charge is 2.25. The van der Waals surface area contributed by atoms with Gasteiger partial charge in [0.15, 0.2) is 0 Å². The van der Waals surface area contributed by atoms with E-state index in [0.29, 0.717) is 12.3 Å². The Kier molecular flexibility index (Phi) is 5.82. The summed E-state index contributed by atoms with van der Waals surface area (Å²) in [4.78, 5) is 18.9. The molecule has 138 valence electrons. The number of benzene rings is 2. The van der Waals surface area contributed by atoms with E-state index in [9.17, 15) is 10.1 Å². The molecule has 2 aromatic carbocycles. The maximum atomic E-state index is 11.6. The quantitative estimate of drug-likeness (QED) is 0.433. The Labute approximate surface area is 163 Å². The SMILES string of the molecule is COc1ccc(CNc2ncnc(Oc3ccc(Br)cc3)c2[N+](=O)[O-])cc1. The monoisotopic (exact) mass is 430 g/mol. The van der Waals surface area contributed by atoms with Crippen molar-refractivity contribution in [2.75, 3.05) is 12.4 Å². The molecule has 1 N–H and O–H groups in total. The molecule has 0 aliphatic rings. The maximum Gasteiger partial charge on any atom is 0.373 e. The van der Waals surface area contributed by atoms with Crippen molar-refractivity contribution >= 4 is 27.4 Å². The highest BCUT2D eigenvalue weighted by Crippen LogP contribution is 2.34. The van der Waals surface area contributed by atoms with E-state index in [1.165, 1.54) is 6.33 Å². The van der Waals surface area contributed by atoms with Crippen molar-refractivity contribution in [1.29, 1.82) is 0 Å². The number of nitrogens with zero attached hydrogens (tertiary/aromatic N) is 3. The van der Waals surface area contributed by atoms with Crippen LogP contribution in [0.2, 0.25) is 0 Å². The smallest absolute Gasteiger partial charge is 0.373 e. The average Bonchev–Trinajstić information content (AvgIpc) is 2.68. The van der Waals surface area contributed by atoms with Crippen LogP contribution in [0.15, 0.2) is 59.3 Å². The van der Waals surface area contributed by atoms with Crippen LogP contribution in [0.1, 0.15) is 5.56 Å². The van der Waals surface area contributed by atoms with Gasteiger partial charge in [0.1, 0.15) is 17.8 Å². The summed E-state index contributed by atoms with van der Waals surface area (Å²) in [6.07, 6.45) is 1.22. The van der Waals surface area contributed by atoms with E-state index in [1.807, 2.05) is 24.3 Å². The van der Waals surface area contributed by atoms with Crippen LogP contribution in [0, 0.1) is 10.1 Å². The number of aromatic nitrogens is 2. The van der Waals surface area contributed by atoms with E-state index in [4.69, 9.17) is 9.47 Å². The van der Waals surface area contributed by atoms with E-state index in [-0.39, 0.29) is 17.4 Å². The van der Waals surface area contributed by atoms with Gasteiger partial charge in [-0.3, -0.25) is 10.1 Å². The second-order valence-electron chi connectivity index (χ2n) is 5.39. The molecule has 0 radical (unpaired) electrons. The first-order valence-corrected chi connectivity index (χ1v) is 8.65. The number of hydrogen-bond donors (Lipinski definition) is 1. The number of halogens is 1. The first-order valence-electron chi connectivity index (χ1n) is 7.86. The molecule has 0 bridgehead atoms. The van der Waals surface area contributed by atoms with Gasteiger partial charge in [0.2, 0.25) is 5.82 Å². The van der Waals surface area contributed by atoms with Crippen LogP contribution < -0.4 is 14.8 Å². The fraction of sp³-hybridized carbons (Fsp3) is 0.111. The third kappa shape index (κ3) is 4.70. The fourth-order valence-electron chi connectivity index (χ4n) is 2.27. The minimum Gasteiger partial charge on any atom is -0.497 e. The molecule has 0 unspecified atom stereocenters. The summed E-state index contributed by atoms with van der Waals surface area (Å²) in [6.45, 7) is 0.347. The van der Waals surface area contributed by atoms with Crippen LogP contribution in [0.3, 0.4) is 0 Å². The van der Waals surface area contributed by atoms with Crippen molar-refractivity contribution < 1.29 is 14.4 Å². The Morgan fingerprint density at radius 3 is 2.37 bits per heavy atom. The van der Waals surface area contributed by atoms with Crippen LogP contribution in [-0.2, 0) is 6.54 Å². The molecule has 1 heterocycles. The van der Waals surface area contributed by atoms with Crippen LogP contribution in [0.25, 0.3) is 0 Å². The summed E-state index contributed by atoms with van der Waals surface area (Å²) in [5, 5.41) is 14.5. The molecule has 3 aromatic rings. The van der Waals surface area contributed by atoms with Gasteiger partial charge in [0.25, 0.3) is 0 Å². The van der Waals surface area contributed by atoms with Gasteiger partial charge in [0, 0.05) is 11.0 Å². The minimum atomic E-state index is -0.565. The lowest BCUT2D eigenvalue weighted by Crippen LogP contribution is -2.07. The summed E-state index contributed by atoms with van der Waals surface area (Å²) in [5.41, 5.74) is 0.591. The molecule has 0 saturated heterocycles. The largest absolute Gasteiger partial charge is 0.497 e. The first kappa shape index (κ1) is 18.6.